The average molecular weight is 239 g/mol. The van der Waals surface area contributed by atoms with Crippen LogP contribution < -0.4 is 5.32 Å². The van der Waals surface area contributed by atoms with Crippen molar-refractivity contribution in [2.75, 3.05) is 11.9 Å². The van der Waals surface area contributed by atoms with Gasteiger partial charge in [-0.1, -0.05) is 0 Å². The first-order chi connectivity index (χ1) is 7.70. The first kappa shape index (κ1) is 11.1. The van der Waals surface area contributed by atoms with Crippen molar-refractivity contribution in [3.63, 3.8) is 0 Å². The second-order valence-corrected chi connectivity index (χ2v) is 4.73. The van der Waals surface area contributed by atoms with Crippen LogP contribution >= 0.6 is 11.3 Å². The Balaban J connectivity index is 1.95. The van der Waals surface area contributed by atoms with Crippen molar-refractivity contribution in [1.29, 1.82) is 0 Å². The number of carbonyl (C=O) groups is 2. The highest BCUT2D eigenvalue weighted by Gasteiger charge is 2.29. The van der Waals surface area contributed by atoms with Crippen molar-refractivity contribution in [2.24, 2.45) is 5.92 Å². The molecule has 1 N–H and O–H groups in total. The molecule has 0 aromatic carbocycles. The normalized spacial score (nSPS) is 14.6. The lowest BCUT2D eigenvalue weighted by molar-refractivity contribution is -0.117. The molecule has 0 saturated heterocycles. The molecule has 0 unspecified atom stereocenters. The molecule has 1 aromatic rings. The summed E-state index contributed by atoms with van der Waals surface area (Å²) < 4.78 is 4.86. The fourth-order valence-electron chi connectivity index (χ4n) is 1.29. The predicted molar refractivity (Wildman–Crippen MR) is 61.6 cm³/mol. The van der Waals surface area contributed by atoms with Gasteiger partial charge in [0.2, 0.25) is 5.91 Å². The zero-order chi connectivity index (χ0) is 11.5. The molecular weight excluding hydrogens is 226 g/mol. The number of amides is 1. The van der Waals surface area contributed by atoms with Crippen LogP contribution in [0.3, 0.4) is 0 Å². The summed E-state index contributed by atoms with van der Waals surface area (Å²) in [5.41, 5.74) is 0. The zero-order valence-electron chi connectivity index (χ0n) is 8.99. The molecule has 2 rings (SSSR count). The van der Waals surface area contributed by atoms with E-state index in [9.17, 15) is 9.59 Å². The summed E-state index contributed by atoms with van der Waals surface area (Å²) in [6.07, 6.45) is 1.95. The molecule has 1 aliphatic rings. The van der Waals surface area contributed by atoms with Gasteiger partial charge in [-0.25, -0.2) is 4.79 Å². The SMILES string of the molecule is CCOC(=O)c1ccc(NC(=O)C2CC2)s1. The first-order valence-electron chi connectivity index (χ1n) is 5.28. The van der Waals surface area contributed by atoms with Crippen LogP contribution in [0.25, 0.3) is 0 Å². The Labute approximate surface area is 97.6 Å². The van der Waals surface area contributed by atoms with E-state index in [4.69, 9.17) is 4.74 Å². The van der Waals surface area contributed by atoms with E-state index in [-0.39, 0.29) is 17.8 Å². The minimum atomic E-state index is -0.334. The summed E-state index contributed by atoms with van der Waals surface area (Å²) in [6, 6.07) is 3.41. The number of ether oxygens (including phenoxy) is 1. The molecule has 1 saturated carbocycles. The van der Waals surface area contributed by atoms with Crippen molar-refractivity contribution in [2.45, 2.75) is 19.8 Å². The minimum Gasteiger partial charge on any atom is -0.462 e. The maximum Gasteiger partial charge on any atom is 0.348 e. The molecule has 86 valence electrons. The Morgan fingerprint density at radius 1 is 1.50 bits per heavy atom. The Morgan fingerprint density at radius 3 is 2.88 bits per heavy atom. The molecule has 0 spiro atoms. The standard InChI is InChI=1S/C11H13NO3S/c1-2-15-11(14)8-5-6-9(16-8)12-10(13)7-3-4-7/h5-7H,2-4H2,1H3,(H,12,13). The number of esters is 1. The molecule has 1 fully saturated rings. The van der Waals surface area contributed by atoms with Gasteiger partial charge in [-0.15, -0.1) is 11.3 Å². The number of thiophene rings is 1. The number of carbonyl (C=O) groups excluding carboxylic acids is 2. The van der Waals surface area contributed by atoms with Gasteiger partial charge >= 0.3 is 5.97 Å². The van der Waals surface area contributed by atoms with Crippen molar-refractivity contribution >= 4 is 28.2 Å². The molecule has 1 heterocycles. The monoisotopic (exact) mass is 239 g/mol. The number of rotatable bonds is 4. The summed E-state index contributed by atoms with van der Waals surface area (Å²) >= 11 is 1.25. The molecule has 4 nitrogen and oxygen atoms in total. The first-order valence-corrected chi connectivity index (χ1v) is 6.10. The maximum atomic E-state index is 11.5. The van der Waals surface area contributed by atoms with Crippen LogP contribution in [0.1, 0.15) is 29.4 Å². The van der Waals surface area contributed by atoms with Gasteiger partial charge in [0.25, 0.3) is 0 Å². The van der Waals surface area contributed by atoms with Crippen LogP contribution in [-0.2, 0) is 9.53 Å². The van der Waals surface area contributed by atoms with Crippen LogP contribution in [0.4, 0.5) is 5.00 Å². The lowest BCUT2D eigenvalue weighted by Crippen LogP contribution is -2.12. The van der Waals surface area contributed by atoms with E-state index in [0.29, 0.717) is 16.5 Å². The molecule has 1 amide bonds. The smallest absolute Gasteiger partial charge is 0.348 e. The lowest BCUT2D eigenvalue weighted by atomic mass is 10.4. The highest BCUT2D eigenvalue weighted by atomic mass is 32.1. The van der Waals surface area contributed by atoms with Crippen LogP contribution in [0.15, 0.2) is 12.1 Å². The van der Waals surface area contributed by atoms with Gasteiger partial charge in [0.15, 0.2) is 0 Å². The molecule has 5 heteroatoms. The molecule has 0 atom stereocenters. The summed E-state index contributed by atoms with van der Waals surface area (Å²) in [4.78, 5) is 23.3. The van der Waals surface area contributed by atoms with Gasteiger partial charge in [0.05, 0.1) is 11.6 Å². The summed E-state index contributed by atoms with van der Waals surface area (Å²) in [7, 11) is 0. The van der Waals surface area contributed by atoms with Crippen molar-refractivity contribution in [3.8, 4) is 0 Å². The van der Waals surface area contributed by atoms with Crippen molar-refractivity contribution in [3.05, 3.63) is 17.0 Å². The highest BCUT2D eigenvalue weighted by Crippen LogP contribution is 2.31. The molecule has 0 bridgehead atoms. The number of hydrogen-bond donors (Lipinski definition) is 1. The van der Waals surface area contributed by atoms with Crippen molar-refractivity contribution in [1.82, 2.24) is 0 Å². The Kier molecular flexibility index (Phi) is 3.24. The van der Waals surface area contributed by atoms with Gasteiger partial charge in [0, 0.05) is 5.92 Å². The fraction of sp³-hybridized carbons (Fsp3) is 0.455. The quantitative estimate of drug-likeness (QED) is 0.820. The third-order valence-corrected chi connectivity index (χ3v) is 3.26. The minimum absolute atomic E-state index is 0.0530. The fourth-order valence-corrected chi connectivity index (χ4v) is 2.09. The van der Waals surface area contributed by atoms with Crippen LogP contribution in [0.5, 0.6) is 0 Å². The number of nitrogens with one attached hydrogen (secondary N) is 1. The van der Waals surface area contributed by atoms with Gasteiger partial charge in [-0.05, 0) is 31.9 Å². The summed E-state index contributed by atoms with van der Waals surface area (Å²) in [6.45, 7) is 2.13. The third-order valence-electron chi connectivity index (χ3n) is 2.28. The van der Waals surface area contributed by atoms with E-state index >= 15 is 0 Å². The Hall–Kier alpha value is -1.36. The van der Waals surface area contributed by atoms with Crippen LogP contribution in [0, 0.1) is 5.92 Å². The Bertz CT molecular complexity index is 409. The van der Waals surface area contributed by atoms with E-state index in [0.717, 1.165) is 12.8 Å². The predicted octanol–water partition coefficient (Wildman–Crippen LogP) is 2.27. The topological polar surface area (TPSA) is 55.4 Å². The van der Waals surface area contributed by atoms with E-state index in [1.807, 2.05) is 0 Å². The van der Waals surface area contributed by atoms with Crippen LogP contribution in [0.2, 0.25) is 0 Å². The Morgan fingerprint density at radius 2 is 2.25 bits per heavy atom. The van der Waals surface area contributed by atoms with Gasteiger partial charge in [-0.3, -0.25) is 4.79 Å². The summed E-state index contributed by atoms with van der Waals surface area (Å²) in [5, 5.41) is 3.50. The van der Waals surface area contributed by atoms with E-state index in [1.165, 1.54) is 11.3 Å². The largest absolute Gasteiger partial charge is 0.462 e. The van der Waals surface area contributed by atoms with E-state index in [1.54, 1.807) is 19.1 Å². The van der Waals surface area contributed by atoms with Gasteiger partial charge in [-0.2, -0.15) is 0 Å². The third kappa shape index (κ3) is 2.61. The molecule has 1 aliphatic carbocycles. The molecule has 16 heavy (non-hydrogen) atoms. The molecule has 0 radical (unpaired) electrons. The lowest BCUT2D eigenvalue weighted by Gasteiger charge is -1.99. The second-order valence-electron chi connectivity index (χ2n) is 3.65. The van der Waals surface area contributed by atoms with Crippen molar-refractivity contribution < 1.29 is 14.3 Å². The van der Waals surface area contributed by atoms with E-state index < -0.39 is 0 Å². The average Bonchev–Trinajstić information content (AvgIpc) is 3.00. The zero-order valence-corrected chi connectivity index (χ0v) is 9.80. The van der Waals surface area contributed by atoms with Gasteiger partial charge < -0.3 is 10.1 Å². The van der Waals surface area contributed by atoms with Gasteiger partial charge in [0.1, 0.15) is 4.88 Å². The maximum absolute atomic E-state index is 11.5. The van der Waals surface area contributed by atoms with E-state index in [2.05, 4.69) is 5.32 Å². The summed E-state index contributed by atoms with van der Waals surface area (Å²) in [5.74, 6) is -0.107. The molecule has 0 aliphatic heterocycles. The highest BCUT2D eigenvalue weighted by molar-refractivity contribution is 7.18. The number of anilines is 1. The second kappa shape index (κ2) is 4.65. The number of hydrogen-bond acceptors (Lipinski definition) is 4. The van der Waals surface area contributed by atoms with Crippen LogP contribution in [-0.4, -0.2) is 18.5 Å². The molecular formula is C11H13NO3S. The molecule has 1 aromatic heterocycles.